The largest absolute Gasteiger partial charge is 0.466 e. The molecular formula is C7H12N2O3. The Morgan fingerprint density at radius 1 is 1.42 bits per heavy atom. The molecule has 0 aliphatic heterocycles. The van der Waals surface area contributed by atoms with Crippen molar-refractivity contribution < 1.29 is 14.3 Å². The van der Waals surface area contributed by atoms with Gasteiger partial charge in [0.25, 0.3) is 0 Å². The number of esters is 1. The molecule has 0 fully saturated rings. The molecule has 0 bridgehead atoms. The highest BCUT2D eigenvalue weighted by molar-refractivity contribution is 5.87. The molecule has 0 aliphatic rings. The summed E-state index contributed by atoms with van der Waals surface area (Å²) < 4.78 is 4.58. The minimum atomic E-state index is -0.670. The van der Waals surface area contributed by atoms with Crippen molar-refractivity contribution in [2.24, 2.45) is 11.5 Å². The molecule has 1 amide bonds. The van der Waals surface area contributed by atoms with Crippen LogP contribution < -0.4 is 11.5 Å². The maximum Gasteiger partial charge on any atom is 0.311 e. The van der Waals surface area contributed by atoms with Gasteiger partial charge in [-0.2, -0.15) is 0 Å². The summed E-state index contributed by atoms with van der Waals surface area (Å²) in [6, 6.07) is 0. The van der Waals surface area contributed by atoms with Crippen LogP contribution in [0.15, 0.2) is 11.8 Å². The van der Waals surface area contributed by atoms with Crippen LogP contribution in [-0.2, 0) is 14.3 Å². The fourth-order valence-electron chi connectivity index (χ4n) is 0.612. The Kier molecular flexibility index (Phi) is 4.52. The number of primary amides is 1. The highest BCUT2D eigenvalue weighted by Crippen LogP contribution is 1.94. The van der Waals surface area contributed by atoms with Gasteiger partial charge in [-0.3, -0.25) is 9.59 Å². The van der Waals surface area contributed by atoms with Crippen LogP contribution in [0.25, 0.3) is 0 Å². The van der Waals surface area contributed by atoms with Crippen molar-refractivity contribution >= 4 is 11.9 Å². The Bertz CT molecular complexity index is 211. The van der Waals surface area contributed by atoms with E-state index >= 15 is 0 Å². The van der Waals surface area contributed by atoms with Crippen LogP contribution in [0.2, 0.25) is 0 Å². The first-order valence-corrected chi connectivity index (χ1v) is 3.47. The quantitative estimate of drug-likeness (QED) is 0.431. The minimum absolute atomic E-state index is 0.100. The second-order valence-electron chi connectivity index (χ2n) is 2.10. The van der Waals surface area contributed by atoms with Gasteiger partial charge < -0.3 is 16.2 Å². The third-order valence-corrected chi connectivity index (χ3v) is 0.981. The first-order chi connectivity index (χ1) is 5.56. The van der Waals surface area contributed by atoms with E-state index in [9.17, 15) is 9.59 Å². The predicted molar refractivity (Wildman–Crippen MR) is 42.7 cm³/mol. The molecule has 12 heavy (non-hydrogen) atoms. The molecule has 0 spiro atoms. The summed E-state index contributed by atoms with van der Waals surface area (Å²) >= 11 is 0. The molecule has 0 aliphatic carbocycles. The van der Waals surface area contributed by atoms with Crippen molar-refractivity contribution in [1.29, 1.82) is 0 Å². The number of rotatable bonds is 4. The van der Waals surface area contributed by atoms with Gasteiger partial charge in [0, 0.05) is 11.8 Å². The summed E-state index contributed by atoms with van der Waals surface area (Å²) in [5.74, 6) is -1.13. The zero-order valence-corrected chi connectivity index (χ0v) is 6.87. The third-order valence-electron chi connectivity index (χ3n) is 0.981. The average Bonchev–Trinajstić information content (AvgIpc) is 1.84. The third kappa shape index (κ3) is 5.28. The monoisotopic (exact) mass is 172 g/mol. The maximum atomic E-state index is 10.7. The lowest BCUT2D eigenvalue weighted by atomic mass is 10.3. The van der Waals surface area contributed by atoms with Gasteiger partial charge in [0.2, 0.25) is 5.91 Å². The molecule has 0 saturated carbocycles. The van der Waals surface area contributed by atoms with E-state index in [1.165, 1.54) is 0 Å². The SMILES string of the molecule is CCOC(=O)C/C(N)=C/C(N)=O. The second-order valence-corrected chi connectivity index (χ2v) is 2.10. The first kappa shape index (κ1) is 10.5. The van der Waals surface area contributed by atoms with Gasteiger partial charge in [-0.25, -0.2) is 0 Å². The molecule has 0 aromatic heterocycles. The van der Waals surface area contributed by atoms with Crippen molar-refractivity contribution in [1.82, 2.24) is 0 Å². The molecule has 0 aromatic carbocycles. The van der Waals surface area contributed by atoms with Crippen LogP contribution >= 0.6 is 0 Å². The molecule has 4 N–H and O–H groups in total. The van der Waals surface area contributed by atoms with Crippen LogP contribution in [0.1, 0.15) is 13.3 Å². The highest BCUT2D eigenvalue weighted by Gasteiger charge is 2.03. The van der Waals surface area contributed by atoms with Crippen LogP contribution in [-0.4, -0.2) is 18.5 Å². The van der Waals surface area contributed by atoms with E-state index in [1.807, 2.05) is 0 Å². The van der Waals surface area contributed by atoms with Gasteiger partial charge in [-0.1, -0.05) is 0 Å². The summed E-state index contributed by atoms with van der Waals surface area (Å²) in [7, 11) is 0. The summed E-state index contributed by atoms with van der Waals surface area (Å²) in [6.07, 6.45) is 0.897. The molecule has 5 heteroatoms. The van der Waals surface area contributed by atoms with Crippen LogP contribution in [0, 0.1) is 0 Å². The Labute approximate surface area is 70.4 Å². The summed E-state index contributed by atoms with van der Waals surface area (Å²) in [4.78, 5) is 21.0. The smallest absolute Gasteiger partial charge is 0.311 e. The van der Waals surface area contributed by atoms with Crippen LogP contribution in [0.4, 0.5) is 0 Å². The van der Waals surface area contributed by atoms with E-state index in [0.29, 0.717) is 6.61 Å². The van der Waals surface area contributed by atoms with Gasteiger partial charge in [0.05, 0.1) is 13.0 Å². The normalized spacial score (nSPS) is 10.9. The number of carbonyl (C=O) groups is 2. The van der Waals surface area contributed by atoms with E-state index in [0.717, 1.165) is 6.08 Å². The predicted octanol–water partition coefficient (Wildman–Crippen LogP) is -0.732. The Hall–Kier alpha value is -1.52. The Morgan fingerprint density at radius 2 is 2.00 bits per heavy atom. The molecule has 68 valence electrons. The first-order valence-electron chi connectivity index (χ1n) is 3.47. The highest BCUT2D eigenvalue weighted by atomic mass is 16.5. The molecule has 0 radical (unpaired) electrons. The number of ether oxygens (including phenoxy) is 1. The molecular weight excluding hydrogens is 160 g/mol. The molecule has 0 aromatic rings. The summed E-state index contributed by atoms with van der Waals surface area (Å²) in [5, 5.41) is 0. The van der Waals surface area contributed by atoms with Gasteiger partial charge in [-0.05, 0) is 6.92 Å². The molecule has 0 heterocycles. The zero-order valence-electron chi connectivity index (χ0n) is 6.87. The van der Waals surface area contributed by atoms with Crippen molar-refractivity contribution in [3.05, 3.63) is 11.8 Å². The van der Waals surface area contributed by atoms with E-state index in [2.05, 4.69) is 4.74 Å². The van der Waals surface area contributed by atoms with E-state index in [4.69, 9.17) is 11.5 Å². The summed E-state index contributed by atoms with van der Waals surface area (Å²) in [6.45, 7) is 1.98. The van der Waals surface area contributed by atoms with E-state index in [-0.39, 0.29) is 12.1 Å². The molecule has 0 saturated heterocycles. The van der Waals surface area contributed by atoms with Crippen molar-refractivity contribution in [3.8, 4) is 0 Å². The fourth-order valence-corrected chi connectivity index (χ4v) is 0.612. The van der Waals surface area contributed by atoms with Crippen molar-refractivity contribution in [2.45, 2.75) is 13.3 Å². The number of amides is 1. The van der Waals surface area contributed by atoms with Crippen molar-refractivity contribution in [3.63, 3.8) is 0 Å². The van der Waals surface area contributed by atoms with E-state index < -0.39 is 11.9 Å². The summed E-state index contributed by atoms with van der Waals surface area (Å²) in [5.41, 5.74) is 10.2. The number of carbonyl (C=O) groups excluding carboxylic acids is 2. The van der Waals surface area contributed by atoms with Gasteiger partial charge >= 0.3 is 5.97 Å². The lowest BCUT2D eigenvalue weighted by Gasteiger charge is -2.00. The number of hydrogen-bond acceptors (Lipinski definition) is 4. The second kappa shape index (κ2) is 5.17. The lowest BCUT2D eigenvalue weighted by molar-refractivity contribution is -0.142. The van der Waals surface area contributed by atoms with Crippen molar-refractivity contribution in [2.75, 3.05) is 6.61 Å². The molecule has 0 atom stereocenters. The Balaban J connectivity index is 3.91. The lowest BCUT2D eigenvalue weighted by Crippen LogP contribution is -2.14. The average molecular weight is 172 g/mol. The minimum Gasteiger partial charge on any atom is -0.466 e. The molecule has 0 unspecified atom stereocenters. The topological polar surface area (TPSA) is 95.4 Å². The molecule has 0 rings (SSSR count). The van der Waals surface area contributed by atoms with Crippen LogP contribution in [0.5, 0.6) is 0 Å². The fraction of sp³-hybridized carbons (Fsp3) is 0.429. The van der Waals surface area contributed by atoms with Gasteiger partial charge in [-0.15, -0.1) is 0 Å². The van der Waals surface area contributed by atoms with Gasteiger partial charge in [0.1, 0.15) is 0 Å². The number of hydrogen-bond donors (Lipinski definition) is 2. The number of nitrogens with two attached hydrogens (primary N) is 2. The van der Waals surface area contributed by atoms with Crippen LogP contribution in [0.3, 0.4) is 0 Å². The maximum absolute atomic E-state index is 10.7. The molecule has 5 nitrogen and oxygen atoms in total. The standard InChI is InChI=1S/C7H12N2O3/c1-2-12-7(11)4-5(8)3-6(9)10/h3H,2,4,8H2,1H3,(H2,9,10)/b5-3-. The zero-order chi connectivity index (χ0) is 9.56. The van der Waals surface area contributed by atoms with Gasteiger partial charge in [0.15, 0.2) is 0 Å². The van der Waals surface area contributed by atoms with E-state index in [1.54, 1.807) is 6.92 Å². The Morgan fingerprint density at radius 3 is 2.42 bits per heavy atom.